The highest BCUT2D eigenvalue weighted by Crippen LogP contribution is 2.48. The summed E-state index contributed by atoms with van der Waals surface area (Å²) < 4.78 is 29.0. The van der Waals surface area contributed by atoms with E-state index in [4.69, 9.17) is 23.7 Å². The van der Waals surface area contributed by atoms with Gasteiger partial charge < -0.3 is 23.7 Å². The molecule has 0 unspecified atom stereocenters. The van der Waals surface area contributed by atoms with Crippen LogP contribution in [0.1, 0.15) is 28.3 Å². The standard InChI is InChI=1S/C28H33NO5/c1-29-14-13-21-17-25(32-4)27(34-18-19-9-7-6-8-10-19)28(33-5)26(21)22(29)15-20-11-12-23(30-2)24(16-20)31-3/h6-12,16-17,22H,13-15,18H2,1-5H3/t22-/m0/s1. The molecule has 0 aromatic heterocycles. The van der Waals surface area contributed by atoms with E-state index in [0.29, 0.717) is 18.1 Å². The molecular formula is C28H33NO5. The van der Waals surface area contributed by atoms with Crippen LogP contribution in [0.15, 0.2) is 54.6 Å². The summed E-state index contributed by atoms with van der Waals surface area (Å²) in [6, 6.07) is 18.4. The maximum atomic E-state index is 6.30. The highest BCUT2D eigenvalue weighted by Gasteiger charge is 2.32. The van der Waals surface area contributed by atoms with Gasteiger partial charge in [-0.25, -0.2) is 0 Å². The van der Waals surface area contributed by atoms with Gasteiger partial charge in [0.15, 0.2) is 23.0 Å². The third-order valence-corrected chi connectivity index (χ3v) is 6.45. The van der Waals surface area contributed by atoms with Gasteiger partial charge in [-0.3, -0.25) is 4.90 Å². The summed E-state index contributed by atoms with van der Waals surface area (Å²) in [6.07, 6.45) is 1.71. The second-order valence-corrected chi connectivity index (χ2v) is 8.43. The lowest BCUT2D eigenvalue weighted by molar-refractivity contribution is 0.214. The van der Waals surface area contributed by atoms with E-state index in [-0.39, 0.29) is 6.04 Å². The fourth-order valence-electron chi connectivity index (χ4n) is 4.64. The summed E-state index contributed by atoms with van der Waals surface area (Å²) in [4.78, 5) is 2.37. The van der Waals surface area contributed by atoms with Crippen LogP contribution >= 0.6 is 0 Å². The highest BCUT2D eigenvalue weighted by atomic mass is 16.5. The molecule has 0 N–H and O–H groups in total. The number of hydrogen-bond donors (Lipinski definition) is 0. The molecule has 3 aromatic carbocycles. The fraction of sp³-hybridized carbons (Fsp3) is 0.357. The number of rotatable bonds is 9. The molecule has 0 saturated carbocycles. The van der Waals surface area contributed by atoms with Gasteiger partial charge in [-0.15, -0.1) is 0 Å². The summed E-state index contributed by atoms with van der Waals surface area (Å²) in [5.74, 6) is 3.53. The van der Waals surface area contributed by atoms with E-state index in [1.807, 2.05) is 42.5 Å². The third-order valence-electron chi connectivity index (χ3n) is 6.45. The molecule has 0 bridgehead atoms. The maximum Gasteiger partial charge on any atom is 0.204 e. The van der Waals surface area contributed by atoms with Gasteiger partial charge in [0.1, 0.15) is 6.61 Å². The molecule has 6 nitrogen and oxygen atoms in total. The first-order chi connectivity index (χ1) is 16.6. The largest absolute Gasteiger partial charge is 0.493 e. The minimum atomic E-state index is 0.113. The first-order valence-corrected chi connectivity index (χ1v) is 11.4. The molecule has 1 aliphatic rings. The van der Waals surface area contributed by atoms with E-state index in [1.54, 1.807) is 28.4 Å². The second-order valence-electron chi connectivity index (χ2n) is 8.43. The lowest BCUT2D eigenvalue weighted by Crippen LogP contribution is -2.34. The van der Waals surface area contributed by atoms with Crippen molar-refractivity contribution >= 4 is 0 Å². The highest BCUT2D eigenvalue weighted by molar-refractivity contribution is 5.61. The van der Waals surface area contributed by atoms with Crippen LogP contribution in [-0.2, 0) is 19.4 Å². The van der Waals surface area contributed by atoms with Crippen LogP contribution in [0.4, 0.5) is 0 Å². The van der Waals surface area contributed by atoms with Gasteiger partial charge in [-0.05, 0) is 54.8 Å². The molecular weight excluding hydrogens is 430 g/mol. The second kappa shape index (κ2) is 10.7. The average Bonchev–Trinajstić information content (AvgIpc) is 2.88. The molecule has 0 amide bonds. The molecule has 0 aliphatic carbocycles. The lowest BCUT2D eigenvalue weighted by Gasteiger charge is -2.36. The Labute approximate surface area is 202 Å². The van der Waals surface area contributed by atoms with Gasteiger partial charge in [-0.2, -0.15) is 0 Å². The van der Waals surface area contributed by atoms with E-state index in [2.05, 4.69) is 24.1 Å². The molecule has 0 saturated heterocycles. The number of nitrogens with zero attached hydrogens (tertiary/aromatic N) is 1. The van der Waals surface area contributed by atoms with Gasteiger partial charge in [0.25, 0.3) is 0 Å². The van der Waals surface area contributed by atoms with Crippen LogP contribution in [0, 0.1) is 0 Å². The predicted octanol–water partition coefficient (Wildman–Crippen LogP) is 5.07. The Hall–Kier alpha value is -3.38. The summed E-state index contributed by atoms with van der Waals surface area (Å²) in [5.41, 5.74) is 4.62. The molecule has 1 heterocycles. The number of methoxy groups -OCH3 is 4. The Morgan fingerprint density at radius 3 is 2.18 bits per heavy atom. The fourth-order valence-corrected chi connectivity index (χ4v) is 4.64. The zero-order valence-electron chi connectivity index (χ0n) is 20.6. The molecule has 0 spiro atoms. The van der Waals surface area contributed by atoms with E-state index >= 15 is 0 Å². The van der Waals surface area contributed by atoms with E-state index in [1.165, 1.54) is 5.56 Å². The monoisotopic (exact) mass is 463 g/mol. The first-order valence-electron chi connectivity index (χ1n) is 11.4. The maximum absolute atomic E-state index is 6.30. The van der Waals surface area contributed by atoms with Crippen molar-refractivity contribution in [1.29, 1.82) is 0 Å². The van der Waals surface area contributed by atoms with Crippen LogP contribution in [0.2, 0.25) is 0 Å². The first kappa shape index (κ1) is 23.8. The molecule has 3 aromatic rings. The van der Waals surface area contributed by atoms with Crippen molar-refractivity contribution in [3.8, 4) is 28.7 Å². The smallest absolute Gasteiger partial charge is 0.204 e. The van der Waals surface area contributed by atoms with Crippen molar-refractivity contribution in [1.82, 2.24) is 4.90 Å². The summed E-state index contributed by atoms with van der Waals surface area (Å²) in [7, 11) is 8.84. The molecule has 1 aliphatic heterocycles. The van der Waals surface area contributed by atoms with Crippen molar-refractivity contribution in [3.63, 3.8) is 0 Å². The Morgan fingerprint density at radius 1 is 0.765 bits per heavy atom. The minimum absolute atomic E-state index is 0.113. The number of fused-ring (bicyclic) bond motifs is 1. The van der Waals surface area contributed by atoms with Crippen molar-refractivity contribution in [2.45, 2.75) is 25.5 Å². The van der Waals surface area contributed by atoms with Crippen LogP contribution in [0.5, 0.6) is 28.7 Å². The predicted molar refractivity (Wildman–Crippen MR) is 133 cm³/mol. The quantitative estimate of drug-likeness (QED) is 0.442. The van der Waals surface area contributed by atoms with Crippen molar-refractivity contribution < 1.29 is 23.7 Å². The number of ether oxygens (including phenoxy) is 5. The van der Waals surface area contributed by atoms with Gasteiger partial charge in [0.05, 0.1) is 28.4 Å². The topological polar surface area (TPSA) is 49.4 Å². The Balaban J connectivity index is 1.73. The molecule has 0 radical (unpaired) electrons. The number of likely N-dealkylation sites (N-methyl/N-ethyl adjacent to an activating group) is 1. The zero-order chi connectivity index (χ0) is 24.1. The lowest BCUT2D eigenvalue weighted by atomic mass is 9.87. The Morgan fingerprint density at radius 2 is 1.50 bits per heavy atom. The molecule has 4 rings (SSSR count). The molecule has 34 heavy (non-hydrogen) atoms. The van der Waals surface area contributed by atoms with E-state index in [0.717, 1.165) is 53.3 Å². The normalized spacial score (nSPS) is 15.4. The number of hydrogen-bond acceptors (Lipinski definition) is 6. The van der Waals surface area contributed by atoms with Crippen molar-refractivity contribution in [3.05, 3.63) is 76.9 Å². The molecule has 0 fully saturated rings. The van der Waals surface area contributed by atoms with E-state index in [9.17, 15) is 0 Å². The molecule has 6 heteroatoms. The van der Waals surface area contributed by atoms with Crippen LogP contribution in [0.3, 0.4) is 0 Å². The van der Waals surface area contributed by atoms with Gasteiger partial charge in [0.2, 0.25) is 5.75 Å². The Bertz CT molecular complexity index is 1120. The number of benzene rings is 3. The molecule has 1 atom stereocenters. The molecule has 180 valence electrons. The van der Waals surface area contributed by atoms with Gasteiger partial charge in [-0.1, -0.05) is 36.4 Å². The minimum Gasteiger partial charge on any atom is -0.493 e. The average molecular weight is 464 g/mol. The van der Waals surface area contributed by atoms with E-state index < -0.39 is 0 Å². The van der Waals surface area contributed by atoms with Gasteiger partial charge in [0, 0.05) is 18.2 Å². The summed E-state index contributed by atoms with van der Waals surface area (Å²) in [6.45, 7) is 1.38. The Kier molecular flexibility index (Phi) is 7.48. The third kappa shape index (κ3) is 4.77. The van der Waals surface area contributed by atoms with Crippen LogP contribution in [-0.4, -0.2) is 46.9 Å². The van der Waals surface area contributed by atoms with Crippen molar-refractivity contribution in [2.24, 2.45) is 0 Å². The van der Waals surface area contributed by atoms with Crippen molar-refractivity contribution in [2.75, 3.05) is 42.0 Å². The van der Waals surface area contributed by atoms with Crippen LogP contribution < -0.4 is 23.7 Å². The SMILES string of the molecule is COc1ccc(C[C@H]2c3c(cc(OC)c(OCc4ccccc4)c3OC)CCN2C)cc1OC. The summed E-state index contributed by atoms with van der Waals surface area (Å²) in [5, 5.41) is 0. The zero-order valence-corrected chi connectivity index (χ0v) is 20.6. The van der Waals surface area contributed by atoms with Crippen LogP contribution in [0.25, 0.3) is 0 Å². The van der Waals surface area contributed by atoms with Gasteiger partial charge >= 0.3 is 0 Å². The summed E-state index contributed by atoms with van der Waals surface area (Å²) >= 11 is 0.